The Morgan fingerprint density at radius 3 is 2.00 bits per heavy atom. The van der Waals surface area contributed by atoms with Gasteiger partial charge < -0.3 is 24.2 Å². The smallest absolute Gasteiger partial charge is 0.295 e. The minimum absolute atomic E-state index is 0.0430. The summed E-state index contributed by atoms with van der Waals surface area (Å²) < 4.78 is 15.4. The van der Waals surface area contributed by atoms with E-state index >= 15 is 0 Å². The second-order valence-electron chi connectivity index (χ2n) is 6.49. The fraction of sp³-hybridized carbons (Fsp3) is 0.273. The van der Waals surface area contributed by atoms with Crippen LogP contribution in [-0.4, -0.2) is 56.2 Å². The van der Waals surface area contributed by atoms with Gasteiger partial charge in [-0.2, -0.15) is 0 Å². The first kappa shape index (κ1) is 20.4. The lowest BCUT2D eigenvalue weighted by Gasteiger charge is -2.25. The highest BCUT2D eigenvalue weighted by atomic mass is 16.5. The van der Waals surface area contributed by atoms with Crippen molar-refractivity contribution in [2.24, 2.45) is 0 Å². The van der Waals surface area contributed by atoms with Crippen molar-refractivity contribution >= 4 is 17.4 Å². The lowest BCUT2D eigenvalue weighted by Crippen LogP contribution is -2.32. The zero-order valence-electron chi connectivity index (χ0n) is 16.5. The highest BCUT2D eigenvalue weighted by Gasteiger charge is 2.45. The molecule has 1 saturated heterocycles. The molecule has 1 aliphatic rings. The Labute approximate surface area is 169 Å². The van der Waals surface area contributed by atoms with Crippen LogP contribution in [0, 0.1) is 0 Å². The molecule has 0 unspecified atom stereocenters. The number of nitrogens with zero attached hydrogens (tertiary/aromatic N) is 1. The van der Waals surface area contributed by atoms with Gasteiger partial charge in [0.15, 0.2) is 0 Å². The maximum absolute atomic E-state index is 12.8. The molecule has 2 aromatic carbocycles. The third kappa shape index (κ3) is 3.95. The summed E-state index contributed by atoms with van der Waals surface area (Å²) in [4.78, 5) is 26.9. The number of ketones is 1. The normalized spacial score (nSPS) is 18.2. The number of hydrogen-bond donors (Lipinski definition) is 1. The predicted octanol–water partition coefficient (Wildman–Crippen LogP) is 2.77. The molecule has 0 aromatic heterocycles. The maximum atomic E-state index is 12.8. The Morgan fingerprint density at radius 1 is 0.931 bits per heavy atom. The molecule has 0 saturated carbocycles. The number of methoxy groups -OCH3 is 3. The van der Waals surface area contributed by atoms with Gasteiger partial charge in [0.25, 0.3) is 11.7 Å². The number of aliphatic hydroxyl groups excluding tert-OH is 1. The van der Waals surface area contributed by atoms with Crippen LogP contribution in [0.15, 0.2) is 54.1 Å². The summed E-state index contributed by atoms with van der Waals surface area (Å²) in [6.45, 7) is 0.486. The Morgan fingerprint density at radius 2 is 1.48 bits per heavy atom. The summed E-state index contributed by atoms with van der Waals surface area (Å²) in [7, 11) is 4.62. The van der Waals surface area contributed by atoms with Crippen molar-refractivity contribution in [3.63, 3.8) is 0 Å². The summed E-state index contributed by atoms with van der Waals surface area (Å²) in [6.07, 6.45) is 0. The highest BCUT2D eigenvalue weighted by Crippen LogP contribution is 2.39. The average molecular weight is 397 g/mol. The maximum Gasteiger partial charge on any atom is 0.295 e. The second kappa shape index (κ2) is 8.79. The summed E-state index contributed by atoms with van der Waals surface area (Å²) in [6, 6.07) is 13.0. The first-order chi connectivity index (χ1) is 14.0. The van der Waals surface area contributed by atoms with Crippen LogP contribution < -0.4 is 9.47 Å². The van der Waals surface area contributed by atoms with E-state index in [-0.39, 0.29) is 24.5 Å². The minimum Gasteiger partial charge on any atom is -0.507 e. The quantitative estimate of drug-likeness (QED) is 0.439. The number of Topliss-reactive ketones (excluding diaryl/α,β-unsaturated/α-hetero) is 1. The van der Waals surface area contributed by atoms with E-state index in [9.17, 15) is 14.7 Å². The van der Waals surface area contributed by atoms with Crippen LogP contribution in [0.25, 0.3) is 5.76 Å². The van der Waals surface area contributed by atoms with Gasteiger partial charge in [-0.15, -0.1) is 0 Å². The van der Waals surface area contributed by atoms with Crippen molar-refractivity contribution in [2.45, 2.75) is 6.04 Å². The standard InChI is InChI=1S/C22H23NO6/c1-27-13-12-23-19(14-4-8-16(28-2)9-5-14)18(21(25)22(23)26)20(24)15-6-10-17(29-3)11-7-15/h4-11,19,24H,12-13H2,1-3H3/b20-18+/t19-/m1/s1. The zero-order valence-corrected chi connectivity index (χ0v) is 16.5. The number of ether oxygens (including phenoxy) is 3. The van der Waals surface area contributed by atoms with E-state index < -0.39 is 17.7 Å². The van der Waals surface area contributed by atoms with Crippen LogP contribution in [0.1, 0.15) is 17.2 Å². The molecule has 0 bridgehead atoms. The van der Waals surface area contributed by atoms with Gasteiger partial charge in [-0.05, 0) is 42.0 Å². The van der Waals surface area contributed by atoms with Crippen LogP contribution in [0.4, 0.5) is 0 Å². The van der Waals surface area contributed by atoms with Gasteiger partial charge in [0.05, 0.1) is 32.4 Å². The number of carbonyl (C=O) groups excluding carboxylic acids is 2. The Balaban J connectivity index is 2.11. The summed E-state index contributed by atoms with van der Waals surface area (Å²) in [5, 5.41) is 10.9. The number of carbonyl (C=O) groups is 2. The molecule has 2 aromatic rings. The van der Waals surface area contributed by atoms with Crippen molar-refractivity contribution < 1.29 is 28.9 Å². The molecule has 1 heterocycles. The van der Waals surface area contributed by atoms with Crippen molar-refractivity contribution in [1.82, 2.24) is 4.90 Å². The average Bonchev–Trinajstić information content (AvgIpc) is 3.02. The van der Waals surface area contributed by atoms with E-state index in [0.717, 1.165) is 0 Å². The second-order valence-corrected chi connectivity index (χ2v) is 6.49. The molecule has 1 atom stereocenters. The van der Waals surface area contributed by atoms with E-state index in [1.165, 1.54) is 12.0 Å². The molecule has 29 heavy (non-hydrogen) atoms. The van der Waals surface area contributed by atoms with E-state index in [2.05, 4.69) is 0 Å². The summed E-state index contributed by atoms with van der Waals surface area (Å²) >= 11 is 0. The molecule has 7 nitrogen and oxygen atoms in total. The molecular formula is C22H23NO6. The van der Waals surface area contributed by atoms with Crippen molar-refractivity contribution in [3.05, 3.63) is 65.2 Å². The molecule has 1 fully saturated rings. The van der Waals surface area contributed by atoms with Crippen molar-refractivity contribution in [2.75, 3.05) is 34.5 Å². The molecule has 0 aliphatic carbocycles. The summed E-state index contributed by atoms with van der Waals surface area (Å²) in [5.74, 6) is -0.355. The molecule has 1 aliphatic heterocycles. The fourth-order valence-electron chi connectivity index (χ4n) is 3.34. The Kier molecular flexibility index (Phi) is 6.19. The van der Waals surface area contributed by atoms with Crippen LogP contribution >= 0.6 is 0 Å². The number of rotatable bonds is 7. The van der Waals surface area contributed by atoms with Crippen LogP contribution in [0.3, 0.4) is 0 Å². The van der Waals surface area contributed by atoms with E-state index in [1.807, 2.05) is 0 Å². The Bertz CT molecular complexity index is 917. The van der Waals surface area contributed by atoms with Crippen LogP contribution in [0.5, 0.6) is 11.5 Å². The number of hydrogen-bond acceptors (Lipinski definition) is 6. The molecular weight excluding hydrogens is 374 g/mol. The van der Waals surface area contributed by atoms with Gasteiger partial charge in [-0.3, -0.25) is 9.59 Å². The number of likely N-dealkylation sites (tertiary alicyclic amines) is 1. The third-order valence-corrected chi connectivity index (χ3v) is 4.87. The van der Waals surface area contributed by atoms with Crippen LogP contribution in [-0.2, 0) is 14.3 Å². The topological polar surface area (TPSA) is 85.3 Å². The lowest BCUT2D eigenvalue weighted by atomic mass is 9.95. The largest absolute Gasteiger partial charge is 0.507 e. The van der Waals surface area contributed by atoms with Gasteiger partial charge >= 0.3 is 0 Å². The molecule has 1 amide bonds. The van der Waals surface area contributed by atoms with Crippen molar-refractivity contribution in [1.29, 1.82) is 0 Å². The fourth-order valence-corrected chi connectivity index (χ4v) is 3.34. The SMILES string of the molecule is COCCN1C(=O)C(=O)/C(=C(/O)c2ccc(OC)cc2)[C@H]1c1ccc(OC)cc1. The van der Waals surface area contributed by atoms with Gasteiger partial charge in [0.1, 0.15) is 17.3 Å². The number of amides is 1. The molecule has 0 radical (unpaired) electrons. The third-order valence-electron chi connectivity index (χ3n) is 4.87. The first-order valence-corrected chi connectivity index (χ1v) is 9.07. The number of aliphatic hydroxyl groups is 1. The van der Waals surface area contributed by atoms with Gasteiger partial charge in [-0.1, -0.05) is 12.1 Å². The predicted molar refractivity (Wildman–Crippen MR) is 107 cm³/mol. The van der Waals surface area contributed by atoms with Gasteiger partial charge in [0.2, 0.25) is 0 Å². The molecule has 1 N–H and O–H groups in total. The molecule has 7 heteroatoms. The zero-order chi connectivity index (χ0) is 21.0. The van der Waals surface area contributed by atoms with Gasteiger partial charge in [-0.25, -0.2) is 0 Å². The minimum atomic E-state index is -0.727. The first-order valence-electron chi connectivity index (χ1n) is 9.07. The Hall–Kier alpha value is -3.32. The van der Waals surface area contributed by atoms with Crippen molar-refractivity contribution in [3.8, 4) is 11.5 Å². The van der Waals surface area contributed by atoms with E-state index in [0.29, 0.717) is 22.6 Å². The molecule has 0 spiro atoms. The number of benzene rings is 2. The molecule has 152 valence electrons. The summed E-state index contributed by atoms with van der Waals surface area (Å²) in [5.41, 5.74) is 1.16. The van der Waals surface area contributed by atoms with E-state index in [1.54, 1.807) is 62.8 Å². The van der Waals surface area contributed by atoms with E-state index in [4.69, 9.17) is 14.2 Å². The van der Waals surface area contributed by atoms with Gasteiger partial charge in [0, 0.05) is 19.2 Å². The highest BCUT2D eigenvalue weighted by molar-refractivity contribution is 6.46. The van der Waals surface area contributed by atoms with Crippen LogP contribution in [0.2, 0.25) is 0 Å². The lowest BCUT2D eigenvalue weighted by molar-refractivity contribution is -0.140. The monoisotopic (exact) mass is 397 g/mol. The molecule has 3 rings (SSSR count).